The molecule has 1 aliphatic rings. The van der Waals surface area contributed by atoms with E-state index in [1.165, 1.54) is 7.11 Å². The largest absolute Gasteiger partial charge is 0.495 e. The highest BCUT2D eigenvalue weighted by molar-refractivity contribution is 7.80. The second kappa shape index (κ2) is 12.0. The summed E-state index contributed by atoms with van der Waals surface area (Å²) in [4.78, 5) is 31.8. The second-order valence-electron chi connectivity index (χ2n) is 9.16. The van der Waals surface area contributed by atoms with E-state index in [-0.39, 0.29) is 24.4 Å². The van der Waals surface area contributed by atoms with Gasteiger partial charge in [-0.15, -0.1) is 0 Å². The second-order valence-corrected chi connectivity index (χ2v) is 9.55. The third kappa shape index (κ3) is 5.52. The number of thiocarbonyl (C=S) groups is 1. The van der Waals surface area contributed by atoms with E-state index in [0.717, 1.165) is 17.1 Å². The number of hydrogen-bond acceptors (Lipinski definition) is 6. The molecule has 4 aromatic rings. The van der Waals surface area contributed by atoms with E-state index in [9.17, 15) is 9.59 Å². The number of aromatic nitrogens is 2. The van der Waals surface area contributed by atoms with Crippen molar-refractivity contribution in [2.45, 2.75) is 18.5 Å². The Morgan fingerprint density at radius 1 is 1.02 bits per heavy atom. The molecule has 0 unspecified atom stereocenters. The van der Waals surface area contributed by atoms with Crippen molar-refractivity contribution in [3.8, 4) is 11.4 Å². The minimum atomic E-state index is -0.409. The van der Waals surface area contributed by atoms with Crippen LogP contribution in [-0.4, -0.2) is 52.2 Å². The first kappa shape index (κ1) is 26.9. The number of benzene rings is 2. The van der Waals surface area contributed by atoms with Crippen LogP contribution in [0, 0.1) is 0 Å². The molecular weight excluding hydrogens is 526 g/mol. The van der Waals surface area contributed by atoms with Crippen molar-refractivity contribution in [1.29, 1.82) is 0 Å². The molecule has 1 amide bonds. The summed E-state index contributed by atoms with van der Waals surface area (Å²) in [5.41, 5.74) is 3.61. The predicted octanol–water partition coefficient (Wildman–Crippen LogP) is 4.67. The summed E-state index contributed by atoms with van der Waals surface area (Å²) in [5.74, 6) is 0.0242. The van der Waals surface area contributed by atoms with E-state index in [1.54, 1.807) is 37.6 Å². The number of ether oxygens (including phenoxy) is 2. The number of amides is 1. The van der Waals surface area contributed by atoms with Crippen LogP contribution in [0.15, 0.2) is 91.3 Å². The molecule has 1 aliphatic heterocycles. The molecule has 0 bridgehead atoms. The minimum absolute atomic E-state index is 0.159. The number of nitrogens with zero attached hydrogens (tertiary/aromatic N) is 3. The molecule has 1 saturated heterocycles. The number of esters is 1. The van der Waals surface area contributed by atoms with Crippen LogP contribution in [0.1, 0.15) is 40.3 Å². The molecule has 40 heavy (non-hydrogen) atoms. The first-order chi connectivity index (χ1) is 19.5. The predicted molar refractivity (Wildman–Crippen MR) is 156 cm³/mol. The fourth-order valence-corrected chi connectivity index (χ4v) is 5.25. The smallest absolute Gasteiger partial charge is 0.337 e. The quantitative estimate of drug-likeness (QED) is 0.227. The van der Waals surface area contributed by atoms with Crippen LogP contribution >= 0.6 is 12.2 Å². The number of pyridine rings is 1. The van der Waals surface area contributed by atoms with Crippen LogP contribution in [-0.2, 0) is 9.53 Å². The molecule has 5 rings (SSSR count). The molecular formula is C30H29N5O4S. The summed E-state index contributed by atoms with van der Waals surface area (Å²) < 4.78 is 12.3. The van der Waals surface area contributed by atoms with E-state index >= 15 is 0 Å². The fraction of sp³-hybridized carbons (Fsp3) is 0.200. The van der Waals surface area contributed by atoms with Gasteiger partial charge in [-0.25, -0.2) is 4.79 Å². The number of carbonyl (C=O) groups is 2. The van der Waals surface area contributed by atoms with Crippen LogP contribution in [0.4, 0.5) is 5.69 Å². The van der Waals surface area contributed by atoms with Gasteiger partial charge in [-0.3, -0.25) is 9.78 Å². The third-order valence-electron chi connectivity index (χ3n) is 6.79. The Labute approximate surface area is 237 Å². The molecule has 0 radical (unpaired) electrons. The number of para-hydroxylation sites is 2. The molecule has 204 valence electrons. The van der Waals surface area contributed by atoms with Gasteiger partial charge in [-0.05, 0) is 66.8 Å². The van der Waals surface area contributed by atoms with E-state index in [4.69, 9.17) is 21.7 Å². The Hall–Kier alpha value is -4.70. The Bertz CT molecular complexity index is 1520. The summed E-state index contributed by atoms with van der Waals surface area (Å²) in [5, 5.41) is 6.89. The first-order valence-electron chi connectivity index (χ1n) is 12.8. The fourth-order valence-electron chi connectivity index (χ4n) is 4.92. The molecule has 2 aromatic carbocycles. The Balaban J connectivity index is 1.46. The van der Waals surface area contributed by atoms with Gasteiger partial charge in [0, 0.05) is 36.7 Å². The summed E-state index contributed by atoms with van der Waals surface area (Å²) in [6.45, 7) is 0.369. The molecule has 3 heterocycles. The number of rotatable bonds is 9. The zero-order chi connectivity index (χ0) is 28.1. The lowest BCUT2D eigenvalue weighted by Crippen LogP contribution is -2.33. The Kier molecular flexibility index (Phi) is 8.07. The first-order valence-corrected chi connectivity index (χ1v) is 13.2. The normalized spacial score (nSPS) is 16.4. The summed E-state index contributed by atoms with van der Waals surface area (Å²) in [6, 6.07) is 23.7. The molecule has 0 saturated carbocycles. The van der Waals surface area contributed by atoms with Crippen LogP contribution in [0.3, 0.4) is 0 Å². The van der Waals surface area contributed by atoms with Gasteiger partial charge in [0.05, 0.1) is 43.2 Å². The van der Waals surface area contributed by atoms with Gasteiger partial charge in [0.2, 0.25) is 5.91 Å². The van der Waals surface area contributed by atoms with Crippen LogP contribution in [0.25, 0.3) is 5.69 Å². The van der Waals surface area contributed by atoms with E-state index in [2.05, 4.69) is 15.6 Å². The Morgan fingerprint density at radius 3 is 2.62 bits per heavy atom. The maximum atomic E-state index is 13.0. The van der Waals surface area contributed by atoms with Crippen LogP contribution in [0.5, 0.6) is 5.75 Å². The van der Waals surface area contributed by atoms with E-state index in [1.807, 2.05) is 70.3 Å². The monoisotopic (exact) mass is 555 g/mol. The van der Waals surface area contributed by atoms with E-state index in [0.29, 0.717) is 28.7 Å². The summed E-state index contributed by atoms with van der Waals surface area (Å²) in [7, 11) is 2.93. The highest BCUT2D eigenvalue weighted by atomic mass is 32.1. The molecule has 10 heteroatoms. The van der Waals surface area contributed by atoms with Gasteiger partial charge in [0.15, 0.2) is 5.11 Å². The lowest BCUT2D eigenvalue weighted by atomic mass is 10.0. The number of anilines is 1. The summed E-state index contributed by atoms with van der Waals surface area (Å²) in [6.07, 6.45) is 3.89. The van der Waals surface area contributed by atoms with Crippen LogP contribution < -0.4 is 15.4 Å². The van der Waals surface area contributed by atoms with Crippen molar-refractivity contribution in [2.24, 2.45) is 0 Å². The van der Waals surface area contributed by atoms with Crippen molar-refractivity contribution in [1.82, 2.24) is 19.8 Å². The molecule has 2 aromatic heterocycles. The molecule has 2 N–H and O–H groups in total. The van der Waals surface area contributed by atoms with Crippen LogP contribution in [0.2, 0.25) is 0 Å². The lowest BCUT2D eigenvalue weighted by molar-refractivity contribution is -0.116. The SMILES string of the molecule is COC(=O)c1cccc(-n2cccc2[C@H]2[C@H](c3ccccn3)NC(=S)N2CCC(=O)Nc2ccccc2OC)c1. The number of carbonyl (C=O) groups excluding carboxylic acids is 2. The van der Waals surface area contributed by atoms with Crippen molar-refractivity contribution >= 4 is 34.9 Å². The maximum absolute atomic E-state index is 13.0. The molecule has 1 fully saturated rings. The summed E-state index contributed by atoms with van der Waals surface area (Å²) >= 11 is 5.79. The van der Waals surface area contributed by atoms with Gasteiger partial charge in [0.1, 0.15) is 5.75 Å². The van der Waals surface area contributed by atoms with Crippen molar-refractivity contribution in [2.75, 3.05) is 26.1 Å². The lowest BCUT2D eigenvalue weighted by Gasteiger charge is -2.29. The average molecular weight is 556 g/mol. The van der Waals surface area contributed by atoms with E-state index < -0.39 is 5.97 Å². The van der Waals surface area contributed by atoms with Crippen molar-refractivity contribution in [3.05, 3.63) is 108 Å². The Morgan fingerprint density at radius 2 is 1.85 bits per heavy atom. The van der Waals surface area contributed by atoms with Crippen molar-refractivity contribution < 1.29 is 19.1 Å². The number of methoxy groups -OCH3 is 2. The molecule has 9 nitrogen and oxygen atoms in total. The molecule has 0 spiro atoms. The number of nitrogens with one attached hydrogen (secondary N) is 2. The molecule has 2 atom stereocenters. The van der Waals surface area contributed by atoms with Gasteiger partial charge in [0.25, 0.3) is 0 Å². The van der Waals surface area contributed by atoms with Gasteiger partial charge in [-0.2, -0.15) is 0 Å². The van der Waals surface area contributed by atoms with Gasteiger partial charge in [-0.1, -0.05) is 24.3 Å². The molecule has 0 aliphatic carbocycles. The third-order valence-corrected chi connectivity index (χ3v) is 7.14. The van der Waals surface area contributed by atoms with Gasteiger partial charge >= 0.3 is 5.97 Å². The number of hydrogen-bond donors (Lipinski definition) is 2. The minimum Gasteiger partial charge on any atom is -0.495 e. The maximum Gasteiger partial charge on any atom is 0.337 e. The van der Waals surface area contributed by atoms with Gasteiger partial charge < -0.3 is 29.6 Å². The standard InChI is InChI=1S/C30H29N5O4S/c1-38-25-14-4-3-11-22(25)32-26(36)15-18-35-28(27(33-30(35)40)23-12-5-6-16-31-23)24-13-8-17-34(24)21-10-7-9-20(19-21)29(37)39-2/h3-14,16-17,19,27-28H,15,18H2,1-2H3,(H,32,36)(H,33,40)/t27-,28-/m0/s1. The average Bonchev–Trinajstić information content (AvgIpc) is 3.60. The highest BCUT2D eigenvalue weighted by Gasteiger charge is 2.41. The zero-order valence-electron chi connectivity index (χ0n) is 22.1. The zero-order valence-corrected chi connectivity index (χ0v) is 22.9. The van der Waals surface area contributed by atoms with Crippen molar-refractivity contribution in [3.63, 3.8) is 0 Å². The topological polar surface area (TPSA) is 97.7 Å². The highest BCUT2D eigenvalue weighted by Crippen LogP contribution is 2.39.